The smallest absolute Gasteiger partial charge is 0.126 e. The van der Waals surface area contributed by atoms with Gasteiger partial charge in [0.2, 0.25) is 0 Å². The molecule has 0 atom stereocenters. The molecule has 0 bridgehead atoms. The Bertz CT molecular complexity index is 363. The molecule has 66 valence electrons. The second-order valence-electron chi connectivity index (χ2n) is 3.41. The number of halogens is 1. The molecule has 0 amide bonds. The van der Waals surface area contributed by atoms with E-state index in [1.807, 2.05) is 0 Å². The third-order valence-corrected chi connectivity index (χ3v) is 2.63. The van der Waals surface area contributed by atoms with Gasteiger partial charge in [-0.2, -0.15) is 5.26 Å². The molecule has 13 heavy (non-hydrogen) atoms. The van der Waals surface area contributed by atoms with Crippen molar-refractivity contribution in [1.29, 1.82) is 5.26 Å². The van der Waals surface area contributed by atoms with E-state index in [0.29, 0.717) is 5.69 Å². The van der Waals surface area contributed by atoms with Gasteiger partial charge in [0.1, 0.15) is 5.82 Å². The van der Waals surface area contributed by atoms with Gasteiger partial charge < -0.3 is 0 Å². The van der Waals surface area contributed by atoms with Gasteiger partial charge in [0.25, 0.3) is 0 Å². The SMILES string of the molecule is N#CC1(c2cc(F)ccn2)CCC1. The molecule has 0 radical (unpaired) electrons. The van der Waals surface area contributed by atoms with Crippen LogP contribution in [0.2, 0.25) is 0 Å². The van der Waals surface area contributed by atoms with Crippen LogP contribution in [0.3, 0.4) is 0 Å². The Balaban J connectivity index is 2.40. The van der Waals surface area contributed by atoms with Gasteiger partial charge >= 0.3 is 0 Å². The molecule has 1 aromatic heterocycles. The molecule has 2 nitrogen and oxygen atoms in total. The molecule has 0 aromatic carbocycles. The molecule has 0 saturated heterocycles. The van der Waals surface area contributed by atoms with Crippen LogP contribution in [0.15, 0.2) is 18.3 Å². The predicted molar refractivity (Wildman–Crippen MR) is 45.3 cm³/mol. The van der Waals surface area contributed by atoms with Crippen molar-refractivity contribution in [3.05, 3.63) is 29.8 Å². The van der Waals surface area contributed by atoms with Crippen molar-refractivity contribution in [2.75, 3.05) is 0 Å². The number of pyridine rings is 1. The molecule has 0 aliphatic heterocycles. The summed E-state index contributed by atoms with van der Waals surface area (Å²) in [7, 11) is 0. The Morgan fingerprint density at radius 2 is 2.31 bits per heavy atom. The summed E-state index contributed by atoms with van der Waals surface area (Å²) in [4.78, 5) is 4.04. The summed E-state index contributed by atoms with van der Waals surface area (Å²) in [6.07, 6.45) is 4.06. The first-order valence-electron chi connectivity index (χ1n) is 4.30. The van der Waals surface area contributed by atoms with E-state index in [1.54, 1.807) is 0 Å². The Hall–Kier alpha value is -1.43. The third kappa shape index (κ3) is 1.19. The van der Waals surface area contributed by atoms with Crippen LogP contribution in [0.4, 0.5) is 4.39 Å². The Labute approximate surface area is 76.0 Å². The fourth-order valence-electron chi connectivity index (χ4n) is 1.62. The lowest BCUT2D eigenvalue weighted by molar-refractivity contribution is 0.314. The summed E-state index contributed by atoms with van der Waals surface area (Å²) in [5.74, 6) is -0.313. The maximum atomic E-state index is 12.8. The zero-order valence-corrected chi connectivity index (χ0v) is 7.13. The van der Waals surface area contributed by atoms with Crippen LogP contribution in [0.25, 0.3) is 0 Å². The van der Waals surface area contributed by atoms with Crippen molar-refractivity contribution in [3.63, 3.8) is 0 Å². The van der Waals surface area contributed by atoms with Gasteiger partial charge in [-0.3, -0.25) is 4.98 Å². The van der Waals surface area contributed by atoms with Crippen LogP contribution < -0.4 is 0 Å². The molecule has 3 heteroatoms. The minimum absolute atomic E-state index is 0.313. The maximum absolute atomic E-state index is 12.8. The highest BCUT2D eigenvalue weighted by Gasteiger charge is 2.40. The normalized spacial score (nSPS) is 18.8. The molecule has 0 spiro atoms. The van der Waals surface area contributed by atoms with Crippen molar-refractivity contribution < 1.29 is 4.39 Å². The highest BCUT2D eigenvalue weighted by molar-refractivity contribution is 5.29. The second kappa shape index (κ2) is 2.81. The summed E-state index contributed by atoms with van der Waals surface area (Å²) in [6, 6.07) is 4.89. The molecule has 1 aliphatic rings. The zero-order valence-electron chi connectivity index (χ0n) is 7.13. The van der Waals surface area contributed by atoms with Crippen LogP contribution in [0.1, 0.15) is 25.0 Å². The Morgan fingerprint density at radius 3 is 2.77 bits per heavy atom. The van der Waals surface area contributed by atoms with E-state index in [4.69, 9.17) is 5.26 Å². The molecule has 2 rings (SSSR count). The molecule has 1 heterocycles. The molecular formula is C10H9FN2. The van der Waals surface area contributed by atoms with Gasteiger partial charge in [-0.25, -0.2) is 4.39 Å². The van der Waals surface area contributed by atoms with Crippen LogP contribution in [-0.4, -0.2) is 4.98 Å². The van der Waals surface area contributed by atoms with Crippen molar-refractivity contribution in [1.82, 2.24) is 4.98 Å². The lowest BCUT2D eigenvalue weighted by atomic mass is 9.67. The van der Waals surface area contributed by atoms with Crippen molar-refractivity contribution >= 4 is 0 Å². The van der Waals surface area contributed by atoms with Crippen LogP contribution in [-0.2, 0) is 5.41 Å². The average Bonchev–Trinajstić information content (AvgIpc) is 2.03. The second-order valence-corrected chi connectivity index (χ2v) is 3.41. The van der Waals surface area contributed by atoms with E-state index in [2.05, 4.69) is 11.1 Å². The number of hydrogen-bond acceptors (Lipinski definition) is 2. The Morgan fingerprint density at radius 1 is 1.54 bits per heavy atom. The highest BCUT2D eigenvalue weighted by Crippen LogP contribution is 2.42. The van der Waals surface area contributed by atoms with Crippen LogP contribution >= 0.6 is 0 Å². The van der Waals surface area contributed by atoms with E-state index in [0.717, 1.165) is 19.3 Å². The van der Waals surface area contributed by atoms with Crippen LogP contribution in [0, 0.1) is 17.1 Å². The maximum Gasteiger partial charge on any atom is 0.126 e. The molecule has 1 aliphatic carbocycles. The van der Waals surface area contributed by atoms with Crippen molar-refractivity contribution in [3.8, 4) is 6.07 Å². The van der Waals surface area contributed by atoms with Crippen molar-refractivity contribution in [2.45, 2.75) is 24.7 Å². The minimum Gasteiger partial charge on any atom is -0.259 e. The number of aromatic nitrogens is 1. The lowest BCUT2D eigenvalue weighted by Gasteiger charge is -2.34. The fourth-order valence-corrected chi connectivity index (χ4v) is 1.62. The summed E-state index contributed by atoms with van der Waals surface area (Å²) in [6.45, 7) is 0. The minimum atomic E-state index is -0.498. The number of hydrogen-bond donors (Lipinski definition) is 0. The summed E-state index contributed by atoms with van der Waals surface area (Å²) in [5, 5.41) is 8.97. The van der Waals surface area contributed by atoms with Gasteiger partial charge in [-0.05, 0) is 31.4 Å². The largest absolute Gasteiger partial charge is 0.259 e. The topological polar surface area (TPSA) is 36.7 Å². The third-order valence-electron chi connectivity index (χ3n) is 2.63. The fraction of sp³-hybridized carbons (Fsp3) is 0.400. The van der Waals surface area contributed by atoms with E-state index in [1.165, 1.54) is 18.3 Å². The van der Waals surface area contributed by atoms with E-state index >= 15 is 0 Å². The number of nitriles is 1. The quantitative estimate of drug-likeness (QED) is 0.657. The van der Waals surface area contributed by atoms with Gasteiger partial charge in [-0.15, -0.1) is 0 Å². The van der Waals surface area contributed by atoms with E-state index < -0.39 is 5.41 Å². The first-order valence-corrected chi connectivity index (χ1v) is 4.30. The summed E-state index contributed by atoms with van der Waals surface area (Å²) >= 11 is 0. The molecule has 0 N–H and O–H groups in total. The first-order chi connectivity index (χ1) is 6.27. The predicted octanol–water partition coefficient (Wildman–Crippen LogP) is 2.17. The van der Waals surface area contributed by atoms with E-state index in [-0.39, 0.29) is 5.82 Å². The average molecular weight is 176 g/mol. The van der Waals surface area contributed by atoms with E-state index in [9.17, 15) is 4.39 Å². The van der Waals surface area contributed by atoms with Gasteiger partial charge in [0.05, 0.1) is 17.2 Å². The van der Waals surface area contributed by atoms with Gasteiger partial charge in [-0.1, -0.05) is 0 Å². The van der Waals surface area contributed by atoms with Gasteiger partial charge in [0.15, 0.2) is 0 Å². The van der Waals surface area contributed by atoms with Crippen LogP contribution in [0.5, 0.6) is 0 Å². The molecule has 1 fully saturated rings. The number of nitrogens with zero attached hydrogens (tertiary/aromatic N) is 2. The highest BCUT2D eigenvalue weighted by atomic mass is 19.1. The Kier molecular flexibility index (Phi) is 1.77. The zero-order chi connectivity index (χ0) is 9.31. The number of rotatable bonds is 1. The lowest BCUT2D eigenvalue weighted by Crippen LogP contribution is -2.33. The monoisotopic (exact) mass is 176 g/mol. The molecule has 1 saturated carbocycles. The molecule has 0 unspecified atom stereocenters. The standard InChI is InChI=1S/C10H9FN2/c11-8-2-5-13-9(6-8)10(7-12)3-1-4-10/h2,5-6H,1,3-4H2. The van der Waals surface area contributed by atoms with Gasteiger partial charge in [0, 0.05) is 6.20 Å². The van der Waals surface area contributed by atoms with Crippen molar-refractivity contribution in [2.24, 2.45) is 0 Å². The summed E-state index contributed by atoms with van der Waals surface area (Å²) < 4.78 is 12.8. The summed E-state index contributed by atoms with van der Waals surface area (Å²) in [5.41, 5.74) is 0.0866. The molecular weight excluding hydrogens is 167 g/mol. The molecule has 1 aromatic rings. The first kappa shape index (κ1) is 8.18.